The Morgan fingerprint density at radius 1 is 0.741 bits per heavy atom. The van der Waals surface area contributed by atoms with Crippen LogP contribution in [0.5, 0.6) is 0 Å². The number of carbonyl (C=O) groups excluding carboxylic acids is 1. The van der Waals surface area contributed by atoms with Gasteiger partial charge < -0.3 is 4.57 Å². The highest BCUT2D eigenvalue weighted by Gasteiger charge is 2.14. The van der Waals surface area contributed by atoms with Crippen LogP contribution in [0.1, 0.15) is 131 Å². The summed E-state index contributed by atoms with van der Waals surface area (Å²) in [6, 6.07) is 0. The zero-order valence-electron chi connectivity index (χ0n) is 18.7. The molecule has 1 heterocycles. The average molecular weight is 375 g/mol. The smallest absolute Gasteiger partial charge is 0.165 e. The Morgan fingerprint density at radius 2 is 1.15 bits per heavy atom. The molecule has 0 saturated carbocycles. The summed E-state index contributed by atoms with van der Waals surface area (Å²) in [6.45, 7) is 6.37. The molecule has 1 aromatic heterocycles. The number of hydrogen-bond donors (Lipinski definition) is 0. The minimum Gasteiger partial charge on any atom is -0.346 e. The van der Waals surface area contributed by atoms with Crippen LogP contribution in [0, 0.1) is 20.0 Å². The minimum absolute atomic E-state index is 0.269. The second-order valence-electron chi connectivity index (χ2n) is 8.38. The third kappa shape index (κ3) is 10.2. The minimum atomic E-state index is 0.269. The van der Waals surface area contributed by atoms with Gasteiger partial charge in [-0.15, -0.1) is 0 Å². The van der Waals surface area contributed by atoms with Gasteiger partial charge in [0.1, 0.15) is 0 Å². The van der Waals surface area contributed by atoms with Gasteiger partial charge in [-0.1, -0.05) is 96.8 Å². The number of unbranched alkanes of at least 4 members (excludes halogenated alkanes) is 14. The Hall–Kier alpha value is -1.05. The molecule has 0 atom stereocenters. The number of aromatic nitrogens is 1. The fourth-order valence-electron chi connectivity index (χ4n) is 3.82. The van der Waals surface area contributed by atoms with E-state index in [1.54, 1.807) is 0 Å². The van der Waals surface area contributed by atoms with Crippen molar-refractivity contribution < 1.29 is 4.79 Å². The van der Waals surface area contributed by atoms with Crippen LogP contribution in [-0.2, 0) is 7.05 Å². The van der Waals surface area contributed by atoms with Crippen molar-refractivity contribution >= 4 is 5.78 Å². The van der Waals surface area contributed by atoms with Gasteiger partial charge in [0.05, 0.1) is 6.20 Å². The molecule has 1 radical (unpaired) electrons. The lowest BCUT2D eigenvalue weighted by atomic mass is 10.0. The highest BCUT2D eigenvalue weighted by Crippen LogP contribution is 2.18. The first kappa shape index (κ1) is 24.0. The maximum absolute atomic E-state index is 12.3. The molecule has 27 heavy (non-hydrogen) atoms. The molecule has 0 bridgehead atoms. The number of Topliss-reactive ketones (excluding diaryl/α,β-unsaturated/α-hetero) is 1. The van der Waals surface area contributed by atoms with Crippen molar-refractivity contribution in [2.24, 2.45) is 7.05 Å². The van der Waals surface area contributed by atoms with Gasteiger partial charge in [-0.25, -0.2) is 0 Å². The predicted octanol–water partition coefficient (Wildman–Crippen LogP) is 7.89. The number of nitrogens with zero attached hydrogens (tertiary/aromatic N) is 1. The maximum Gasteiger partial charge on any atom is 0.165 e. The highest BCUT2D eigenvalue weighted by atomic mass is 16.1. The summed E-state index contributed by atoms with van der Waals surface area (Å²) in [5.41, 5.74) is 3.05. The van der Waals surface area contributed by atoms with E-state index in [9.17, 15) is 4.79 Å². The van der Waals surface area contributed by atoms with E-state index in [2.05, 4.69) is 20.0 Å². The molecule has 0 aliphatic heterocycles. The molecule has 0 aliphatic carbocycles. The van der Waals surface area contributed by atoms with Crippen LogP contribution in [0.3, 0.4) is 0 Å². The van der Waals surface area contributed by atoms with Crippen LogP contribution < -0.4 is 0 Å². The quantitative estimate of drug-likeness (QED) is 0.201. The van der Waals surface area contributed by atoms with Crippen molar-refractivity contribution in [1.82, 2.24) is 4.57 Å². The van der Waals surface area contributed by atoms with Crippen molar-refractivity contribution in [2.45, 2.75) is 124 Å². The molecule has 0 amide bonds. The van der Waals surface area contributed by atoms with Gasteiger partial charge in [0.2, 0.25) is 0 Å². The van der Waals surface area contributed by atoms with Gasteiger partial charge in [-0.3, -0.25) is 4.79 Å². The third-order valence-corrected chi connectivity index (χ3v) is 5.99. The van der Waals surface area contributed by atoms with Crippen molar-refractivity contribution in [3.05, 3.63) is 23.0 Å². The average Bonchev–Trinajstić information content (AvgIpc) is 2.92. The van der Waals surface area contributed by atoms with E-state index in [1.807, 2.05) is 18.5 Å². The summed E-state index contributed by atoms with van der Waals surface area (Å²) in [4.78, 5) is 12.3. The van der Waals surface area contributed by atoms with Crippen molar-refractivity contribution in [2.75, 3.05) is 0 Å². The van der Waals surface area contributed by atoms with Gasteiger partial charge in [-0.2, -0.15) is 0 Å². The summed E-state index contributed by atoms with van der Waals surface area (Å²) in [6.07, 6.45) is 24.3. The van der Waals surface area contributed by atoms with E-state index in [0.717, 1.165) is 23.2 Å². The van der Waals surface area contributed by atoms with Gasteiger partial charge in [0, 0.05) is 24.7 Å². The highest BCUT2D eigenvalue weighted by molar-refractivity contribution is 5.97. The first-order chi connectivity index (χ1) is 13.1. The predicted molar refractivity (Wildman–Crippen MR) is 118 cm³/mol. The molecule has 2 nitrogen and oxygen atoms in total. The van der Waals surface area contributed by atoms with Gasteiger partial charge >= 0.3 is 0 Å². The van der Waals surface area contributed by atoms with E-state index in [4.69, 9.17) is 0 Å². The summed E-state index contributed by atoms with van der Waals surface area (Å²) in [5, 5.41) is 0. The Bertz CT molecular complexity index is 515. The van der Waals surface area contributed by atoms with E-state index < -0.39 is 0 Å². The second kappa shape index (κ2) is 14.9. The normalized spacial score (nSPS) is 11.3. The zero-order chi connectivity index (χ0) is 19.9. The van der Waals surface area contributed by atoms with Crippen LogP contribution in [-0.4, -0.2) is 10.4 Å². The van der Waals surface area contributed by atoms with E-state index in [0.29, 0.717) is 6.42 Å². The topological polar surface area (TPSA) is 22.0 Å². The van der Waals surface area contributed by atoms with Crippen LogP contribution >= 0.6 is 0 Å². The lowest BCUT2D eigenvalue weighted by molar-refractivity contribution is 0.0978. The summed E-state index contributed by atoms with van der Waals surface area (Å²) < 4.78 is 1.94. The van der Waals surface area contributed by atoms with E-state index in [1.165, 1.54) is 89.9 Å². The first-order valence-corrected chi connectivity index (χ1v) is 11.7. The molecule has 155 valence electrons. The summed E-state index contributed by atoms with van der Waals surface area (Å²) in [7, 11) is 1.97. The molecule has 0 saturated heterocycles. The lowest BCUT2D eigenvalue weighted by Crippen LogP contribution is -1.99. The fraction of sp³-hybridized carbons (Fsp3) is 0.800. The maximum atomic E-state index is 12.3. The first-order valence-electron chi connectivity index (χ1n) is 11.7. The molecule has 1 rings (SSSR count). The largest absolute Gasteiger partial charge is 0.346 e. The molecular formula is C25H44NO. The fourth-order valence-corrected chi connectivity index (χ4v) is 3.82. The van der Waals surface area contributed by atoms with Crippen LogP contribution in [0.15, 0.2) is 0 Å². The number of carbonyl (C=O) groups is 1. The Labute approximate surface area is 169 Å². The molecule has 0 fully saturated rings. The molecule has 0 spiro atoms. The molecule has 1 aromatic rings. The molecule has 2 heteroatoms. The van der Waals surface area contributed by atoms with Crippen LogP contribution in [0.25, 0.3) is 0 Å². The summed E-state index contributed by atoms with van der Waals surface area (Å²) in [5.74, 6) is 0.269. The Balaban J connectivity index is 1.89. The Kier molecular flexibility index (Phi) is 13.3. The standard InChI is InChI=1S/C25H44NO/c1-5-6-7-8-9-10-11-12-13-14-15-16-17-18-19-20-25(27)24-21-26(4)23(3)22(24)2/h5-20H2,1-4H3. The second-order valence-corrected chi connectivity index (χ2v) is 8.38. The summed E-state index contributed by atoms with van der Waals surface area (Å²) >= 11 is 0. The van der Waals surface area contributed by atoms with Gasteiger partial charge in [0.25, 0.3) is 0 Å². The number of aryl methyl sites for hydroxylation is 1. The van der Waals surface area contributed by atoms with Crippen LogP contribution in [0.2, 0.25) is 0 Å². The molecule has 0 aliphatic rings. The molecule has 0 N–H and O–H groups in total. The Morgan fingerprint density at radius 3 is 1.52 bits per heavy atom. The van der Waals surface area contributed by atoms with Crippen molar-refractivity contribution in [1.29, 1.82) is 0 Å². The van der Waals surface area contributed by atoms with Crippen LogP contribution in [0.4, 0.5) is 0 Å². The number of ketones is 1. The zero-order valence-corrected chi connectivity index (χ0v) is 18.7. The van der Waals surface area contributed by atoms with Crippen molar-refractivity contribution in [3.8, 4) is 0 Å². The SMILES string of the molecule is CCCCCCCCCCCCCCCCCC(=O)c1[c]n(C)c(C)c1C. The molecule has 0 unspecified atom stereocenters. The van der Waals surface area contributed by atoms with Gasteiger partial charge in [-0.05, 0) is 25.8 Å². The van der Waals surface area contributed by atoms with Crippen molar-refractivity contribution in [3.63, 3.8) is 0 Å². The number of hydrogen-bond acceptors (Lipinski definition) is 1. The van der Waals surface area contributed by atoms with E-state index in [-0.39, 0.29) is 5.78 Å². The lowest BCUT2D eigenvalue weighted by Gasteiger charge is -2.03. The van der Waals surface area contributed by atoms with Gasteiger partial charge in [0.15, 0.2) is 5.78 Å². The third-order valence-electron chi connectivity index (χ3n) is 5.99. The van der Waals surface area contributed by atoms with E-state index >= 15 is 0 Å². The monoisotopic (exact) mass is 374 g/mol. The number of rotatable bonds is 17. The molecule has 0 aromatic carbocycles. The molecular weight excluding hydrogens is 330 g/mol.